The van der Waals surface area contributed by atoms with Crippen molar-refractivity contribution in [2.75, 3.05) is 0 Å². The minimum Gasteiger partial charge on any atom is -0.335 e. The number of aromatic amines is 1. The maximum absolute atomic E-state index is 11.8. The molecule has 0 amide bonds. The number of fused-ring (bicyclic) bond motifs is 1. The van der Waals surface area contributed by atoms with E-state index in [2.05, 4.69) is 9.97 Å². The molecule has 0 fully saturated rings. The lowest BCUT2D eigenvalue weighted by Crippen LogP contribution is -2.05. The van der Waals surface area contributed by atoms with E-state index in [-0.39, 0.29) is 5.78 Å². The molecule has 1 aromatic heterocycles. The van der Waals surface area contributed by atoms with Crippen molar-refractivity contribution >= 4 is 28.4 Å². The van der Waals surface area contributed by atoms with Gasteiger partial charge in [0.15, 0.2) is 11.6 Å². The van der Waals surface area contributed by atoms with Crippen molar-refractivity contribution in [1.29, 1.82) is 0 Å². The van der Waals surface area contributed by atoms with Crippen LogP contribution < -0.4 is 0 Å². The fourth-order valence-corrected chi connectivity index (χ4v) is 1.81. The third kappa shape index (κ3) is 2.09. The molecule has 2 rings (SSSR count). The summed E-state index contributed by atoms with van der Waals surface area (Å²) in [5.41, 5.74) is 1.47. The summed E-state index contributed by atoms with van der Waals surface area (Å²) in [6.07, 6.45) is 0.497. The van der Waals surface area contributed by atoms with Crippen molar-refractivity contribution in [3.63, 3.8) is 0 Å². The molecule has 4 heteroatoms. The number of nitrogens with one attached hydrogen (secondary N) is 1. The van der Waals surface area contributed by atoms with Gasteiger partial charge < -0.3 is 4.98 Å². The molecule has 0 spiro atoms. The van der Waals surface area contributed by atoms with Crippen molar-refractivity contribution in [3.8, 4) is 0 Å². The van der Waals surface area contributed by atoms with Crippen LogP contribution in [0.15, 0.2) is 18.2 Å². The molecule has 0 saturated heterocycles. The molecular weight excluding hydrogens is 224 g/mol. The second-order valence-electron chi connectivity index (χ2n) is 4.24. The predicted molar refractivity (Wildman–Crippen MR) is 64.9 cm³/mol. The Kier molecular flexibility index (Phi) is 2.97. The summed E-state index contributed by atoms with van der Waals surface area (Å²) in [4.78, 5) is 19.0. The van der Waals surface area contributed by atoms with Crippen LogP contribution in [-0.4, -0.2) is 15.8 Å². The summed E-state index contributed by atoms with van der Waals surface area (Å²) >= 11 is 5.99. The van der Waals surface area contributed by atoms with Crippen LogP contribution >= 0.6 is 11.6 Å². The van der Waals surface area contributed by atoms with Gasteiger partial charge in [0, 0.05) is 6.42 Å². The van der Waals surface area contributed by atoms with E-state index < -0.39 is 0 Å². The van der Waals surface area contributed by atoms with Crippen LogP contribution in [0.2, 0.25) is 5.02 Å². The van der Waals surface area contributed by atoms with Gasteiger partial charge in [-0.2, -0.15) is 0 Å². The van der Waals surface area contributed by atoms with Gasteiger partial charge in [-0.3, -0.25) is 4.79 Å². The molecule has 1 heterocycles. The first-order chi connectivity index (χ1) is 7.58. The third-order valence-corrected chi connectivity index (χ3v) is 2.63. The molecule has 0 bridgehead atoms. The number of carbonyl (C=O) groups excluding carboxylic acids is 1. The van der Waals surface area contributed by atoms with Gasteiger partial charge in [-0.1, -0.05) is 31.5 Å². The van der Waals surface area contributed by atoms with E-state index in [1.165, 1.54) is 0 Å². The molecule has 84 valence electrons. The van der Waals surface area contributed by atoms with Crippen LogP contribution in [0.25, 0.3) is 11.0 Å². The number of Topliss-reactive ketones (excluding diaryl/α,β-unsaturated/α-hetero) is 1. The number of nitrogens with zero attached hydrogens (tertiary/aromatic N) is 1. The first-order valence-corrected chi connectivity index (χ1v) is 5.63. The number of hydrogen-bond donors (Lipinski definition) is 1. The molecule has 0 aliphatic rings. The Labute approximate surface area is 98.8 Å². The van der Waals surface area contributed by atoms with Crippen LogP contribution in [0.3, 0.4) is 0 Å². The monoisotopic (exact) mass is 236 g/mol. The van der Waals surface area contributed by atoms with Crippen LogP contribution in [0.5, 0.6) is 0 Å². The van der Waals surface area contributed by atoms with Crippen molar-refractivity contribution in [1.82, 2.24) is 9.97 Å². The van der Waals surface area contributed by atoms with Crippen LogP contribution in [-0.2, 0) is 0 Å². The first-order valence-electron chi connectivity index (χ1n) is 5.25. The standard InChI is InChI=1S/C12H13ClN2O/c1-7(2)6-10(16)12-14-9-5-3-4-8(13)11(9)15-12/h3-5,7H,6H2,1-2H3,(H,14,15). The highest BCUT2D eigenvalue weighted by molar-refractivity contribution is 6.35. The Morgan fingerprint density at radius 2 is 2.25 bits per heavy atom. The molecule has 16 heavy (non-hydrogen) atoms. The van der Waals surface area contributed by atoms with Gasteiger partial charge in [-0.05, 0) is 18.1 Å². The van der Waals surface area contributed by atoms with Crippen LogP contribution in [0.4, 0.5) is 0 Å². The van der Waals surface area contributed by atoms with E-state index in [0.29, 0.717) is 28.7 Å². The van der Waals surface area contributed by atoms with Gasteiger partial charge in [0.2, 0.25) is 0 Å². The van der Waals surface area contributed by atoms with Gasteiger partial charge in [-0.25, -0.2) is 4.98 Å². The lowest BCUT2D eigenvalue weighted by atomic mass is 10.1. The molecule has 0 aliphatic carbocycles. The smallest absolute Gasteiger partial charge is 0.198 e. The molecule has 3 nitrogen and oxygen atoms in total. The van der Waals surface area contributed by atoms with Crippen molar-refractivity contribution in [3.05, 3.63) is 29.0 Å². The highest BCUT2D eigenvalue weighted by Gasteiger charge is 2.13. The molecule has 0 atom stereocenters. The molecule has 0 unspecified atom stereocenters. The van der Waals surface area contributed by atoms with Crippen molar-refractivity contribution < 1.29 is 4.79 Å². The van der Waals surface area contributed by atoms with E-state index in [4.69, 9.17) is 11.6 Å². The van der Waals surface area contributed by atoms with Crippen molar-refractivity contribution in [2.45, 2.75) is 20.3 Å². The lowest BCUT2D eigenvalue weighted by molar-refractivity contribution is 0.0959. The summed E-state index contributed by atoms with van der Waals surface area (Å²) in [7, 11) is 0. The van der Waals surface area contributed by atoms with Gasteiger partial charge in [0.25, 0.3) is 0 Å². The minimum atomic E-state index is 0.0299. The summed E-state index contributed by atoms with van der Waals surface area (Å²) in [6.45, 7) is 4.01. The zero-order valence-electron chi connectivity index (χ0n) is 9.25. The fraction of sp³-hybridized carbons (Fsp3) is 0.333. The highest BCUT2D eigenvalue weighted by Crippen LogP contribution is 2.21. The maximum Gasteiger partial charge on any atom is 0.198 e. The molecule has 1 N–H and O–H groups in total. The maximum atomic E-state index is 11.8. The second-order valence-corrected chi connectivity index (χ2v) is 4.65. The Balaban J connectivity index is 2.40. The highest BCUT2D eigenvalue weighted by atomic mass is 35.5. The largest absolute Gasteiger partial charge is 0.335 e. The SMILES string of the molecule is CC(C)CC(=O)c1nc2c(Cl)cccc2[nH]1. The molecule has 1 aromatic carbocycles. The summed E-state index contributed by atoms with van der Waals surface area (Å²) < 4.78 is 0. The molecule has 0 radical (unpaired) electrons. The predicted octanol–water partition coefficient (Wildman–Crippen LogP) is 3.45. The number of hydrogen-bond acceptors (Lipinski definition) is 2. The summed E-state index contributed by atoms with van der Waals surface area (Å²) in [6, 6.07) is 5.46. The number of carbonyl (C=O) groups is 1. The lowest BCUT2D eigenvalue weighted by Gasteiger charge is -1.99. The number of para-hydroxylation sites is 1. The molecule has 0 aliphatic heterocycles. The number of benzene rings is 1. The second kappa shape index (κ2) is 4.26. The molecular formula is C12H13ClN2O. The topological polar surface area (TPSA) is 45.8 Å². The van der Waals surface area contributed by atoms with E-state index >= 15 is 0 Å². The van der Waals surface area contributed by atoms with Crippen LogP contribution in [0, 0.1) is 5.92 Å². The zero-order chi connectivity index (χ0) is 11.7. The first kappa shape index (κ1) is 11.1. The van der Waals surface area contributed by atoms with Gasteiger partial charge in [0.05, 0.1) is 10.5 Å². The Morgan fingerprint density at radius 3 is 2.88 bits per heavy atom. The Bertz CT molecular complexity index is 531. The normalized spacial score (nSPS) is 11.2. The van der Waals surface area contributed by atoms with E-state index in [1.807, 2.05) is 26.0 Å². The number of imidazole rings is 1. The quantitative estimate of drug-likeness (QED) is 0.830. The minimum absolute atomic E-state index is 0.0299. The number of H-pyrrole nitrogens is 1. The summed E-state index contributed by atoms with van der Waals surface area (Å²) in [5, 5.41) is 0.567. The van der Waals surface area contributed by atoms with E-state index in [0.717, 1.165) is 5.52 Å². The zero-order valence-corrected chi connectivity index (χ0v) is 10.0. The number of halogens is 1. The number of aromatic nitrogens is 2. The average Bonchev–Trinajstić information content (AvgIpc) is 2.61. The molecule has 0 saturated carbocycles. The average molecular weight is 237 g/mol. The van der Waals surface area contributed by atoms with E-state index in [1.54, 1.807) is 6.07 Å². The van der Waals surface area contributed by atoms with Gasteiger partial charge in [0.1, 0.15) is 5.52 Å². The van der Waals surface area contributed by atoms with Gasteiger partial charge >= 0.3 is 0 Å². The number of ketones is 1. The fourth-order valence-electron chi connectivity index (χ4n) is 1.60. The van der Waals surface area contributed by atoms with E-state index in [9.17, 15) is 4.79 Å². The molecule has 2 aromatic rings. The van der Waals surface area contributed by atoms with Crippen molar-refractivity contribution in [2.24, 2.45) is 5.92 Å². The van der Waals surface area contributed by atoms with Crippen LogP contribution in [0.1, 0.15) is 30.9 Å². The number of rotatable bonds is 3. The Morgan fingerprint density at radius 1 is 1.50 bits per heavy atom. The summed E-state index contributed by atoms with van der Waals surface area (Å²) in [5.74, 6) is 0.759. The van der Waals surface area contributed by atoms with Gasteiger partial charge in [-0.15, -0.1) is 0 Å². The Hall–Kier alpha value is -1.35. The third-order valence-electron chi connectivity index (χ3n) is 2.32.